The van der Waals surface area contributed by atoms with Crippen molar-refractivity contribution in [2.24, 2.45) is 0 Å². The molecular formula is C17H12Cl2FNO3. The van der Waals surface area contributed by atoms with Crippen molar-refractivity contribution in [3.05, 3.63) is 63.4 Å². The van der Waals surface area contributed by atoms with Crippen LogP contribution < -0.4 is 5.32 Å². The van der Waals surface area contributed by atoms with Gasteiger partial charge in [-0.25, -0.2) is 4.39 Å². The molecule has 7 heteroatoms. The first-order valence-corrected chi connectivity index (χ1v) is 7.89. The Hall–Kier alpha value is -2.11. The number of nitrogens with one attached hydrogen (secondary N) is 1. The average molecular weight is 368 g/mol. The molecule has 3 rings (SSSR count). The number of benzene rings is 2. The molecule has 1 atom stereocenters. The van der Waals surface area contributed by atoms with Gasteiger partial charge in [-0.3, -0.25) is 9.59 Å². The van der Waals surface area contributed by atoms with Crippen LogP contribution in [0.25, 0.3) is 0 Å². The Morgan fingerprint density at radius 2 is 2.00 bits per heavy atom. The third-order valence-corrected chi connectivity index (χ3v) is 4.44. The standard InChI is InChI=1S/C17H12Cl2FNO3/c18-13-4-1-9(5-14(13)19)8-24-17(23)12-7-16(22)21-15-6-10(20)2-3-11(12)15/h1-6,12H,7-8H2,(H,21,22). The molecule has 0 radical (unpaired) electrons. The van der Waals surface area contributed by atoms with E-state index in [9.17, 15) is 14.0 Å². The van der Waals surface area contributed by atoms with Crippen LogP contribution in [0.2, 0.25) is 10.0 Å². The van der Waals surface area contributed by atoms with E-state index < -0.39 is 17.7 Å². The Bertz CT molecular complexity index is 825. The summed E-state index contributed by atoms with van der Waals surface area (Å²) in [6, 6.07) is 8.82. The van der Waals surface area contributed by atoms with Gasteiger partial charge in [0.1, 0.15) is 12.4 Å². The number of hydrogen-bond donors (Lipinski definition) is 1. The second kappa shape index (κ2) is 6.79. The molecule has 1 amide bonds. The van der Waals surface area contributed by atoms with E-state index in [0.717, 1.165) is 0 Å². The van der Waals surface area contributed by atoms with Crippen molar-refractivity contribution < 1.29 is 18.7 Å². The average Bonchev–Trinajstić information content (AvgIpc) is 2.54. The molecule has 0 saturated heterocycles. The van der Waals surface area contributed by atoms with Gasteiger partial charge in [-0.05, 0) is 35.4 Å². The van der Waals surface area contributed by atoms with Crippen LogP contribution in [0.15, 0.2) is 36.4 Å². The van der Waals surface area contributed by atoms with Crippen LogP contribution in [-0.2, 0) is 20.9 Å². The van der Waals surface area contributed by atoms with Gasteiger partial charge in [0.2, 0.25) is 5.91 Å². The van der Waals surface area contributed by atoms with Gasteiger partial charge in [0.25, 0.3) is 0 Å². The Labute approximate surface area is 147 Å². The third-order valence-electron chi connectivity index (χ3n) is 3.70. The minimum absolute atomic E-state index is 0.00433. The lowest BCUT2D eigenvalue weighted by Crippen LogP contribution is -2.28. The summed E-state index contributed by atoms with van der Waals surface area (Å²) in [5.74, 6) is -2.16. The highest BCUT2D eigenvalue weighted by Gasteiger charge is 2.32. The molecule has 0 bridgehead atoms. The van der Waals surface area contributed by atoms with Crippen molar-refractivity contribution in [2.75, 3.05) is 5.32 Å². The van der Waals surface area contributed by atoms with Crippen LogP contribution in [0.4, 0.5) is 10.1 Å². The van der Waals surface area contributed by atoms with Crippen molar-refractivity contribution in [1.82, 2.24) is 0 Å². The minimum Gasteiger partial charge on any atom is -0.460 e. The number of ether oxygens (including phenoxy) is 1. The zero-order valence-electron chi connectivity index (χ0n) is 12.3. The van der Waals surface area contributed by atoms with Crippen LogP contribution in [0.3, 0.4) is 0 Å². The third kappa shape index (κ3) is 3.52. The number of hydrogen-bond acceptors (Lipinski definition) is 3. The summed E-state index contributed by atoms with van der Waals surface area (Å²) < 4.78 is 18.6. The summed E-state index contributed by atoms with van der Waals surface area (Å²) in [6.45, 7) is 0.00433. The van der Waals surface area contributed by atoms with E-state index in [0.29, 0.717) is 26.9 Å². The van der Waals surface area contributed by atoms with Crippen LogP contribution in [-0.4, -0.2) is 11.9 Å². The van der Waals surface area contributed by atoms with Crippen LogP contribution in [0.1, 0.15) is 23.5 Å². The molecular weight excluding hydrogens is 356 g/mol. The fourth-order valence-corrected chi connectivity index (χ4v) is 2.85. The molecule has 1 aliphatic rings. The lowest BCUT2D eigenvalue weighted by atomic mass is 9.90. The fraction of sp³-hybridized carbons (Fsp3) is 0.176. The first kappa shape index (κ1) is 16.7. The summed E-state index contributed by atoms with van der Waals surface area (Å²) in [6.07, 6.45) is -0.0428. The molecule has 124 valence electrons. The molecule has 2 aromatic carbocycles. The molecule has 1 heterocycles. The molecule has 0 aliphatic carbocycles. The van der Waals surface area contributed by atoms with Gasteiger partial charge in [0, 0.05) is 12.1 Å². The molecule has 2 aromatic rings. The maximum absolute atomic E-state index is 13.3. The first-order valence-electron chi connectivity index (χ1n) is 7.14. The normalized spacial score (nSPS) is 16.3. The van der Waals surface area contributed by atoms with Crippen molar-refractivity contribution in [3.63, 3.8) is 0 Å². The highest BCUT2D eigenvalue weighted by Crippen LogP contribution is 2.34. The zero-order chi connectivity index (χ0) is 17.3. The predicted octanol–water partition coefficient (Wildman–Crippen LogP) is 4.30. The Balaban J connectivity index is 1.75. The van der Waals surface area contributed by atoms with E-state index in [1.807, 2.05) is 0 Å². The molecule has 0 fully saturated rings. The molecule has 1 aliphatic heterocycles. The quantitative estimate of drug-likeness (QED) is 0.822. The zero-order valence-corrected chi connectivity index (χ0v) is 13.8. The maximum atomic E-state index is 13.3. The molecule has 0 aromatic heterocycles. The SMILES string of the molecule is O=C1CC(C(=O)OCc2ccc(Cl)c(Cl)c2)c2ccc(F)cc2N1. The van der Waals surface area contributed by atoms with Gasteiger partial charge >= 0.3 is 5.97 Å². The van der Waals surface area contributed by atoms with E-state index >= 15 is 0 Å². The summed E-state index contributed by atoms with van der Waals surface area (Å²) in [4.78, 5) is 24.1. The van der Waals surface area contributed by atoms with Gasteiger partial charge in [0.05, 0.1) is 16.0 Å². The summed E-state index contributed by atoms with van der Waals surface area (Å²) in [5, 5.41) is 3.33. The van der Waals surface area contributed by atoms with Crippen molar-refractivity contribution in [3.8, 4) is 0 Å². The molecule has 4 nitrogen and oxygen atoms in total. The largest absolute Gasteiger partial charge is 0.460 e. The number of rotatable bonds is 3. The summed E-state index contributed by atoms with van der Waals surface area (Å²) in [7, 11) is 0. The molecule has 0 saturated carbocycles. The predicted molar refractivity (Wildman–Crippen MR) is 88.6 cm³/mol. The number of carbonyl (C=O) groups excluding carboxylic acids is 2. The number of amides is 1. The number of anilines is 1. The maximum Gasteiger partial charge on any atom is 0.314 e. The number of esters is 1. The number of fused-ring (bicyclic) bond motifs is 1. The Morgan fingerprint density at radius 1 is 1.21 bits per heavy atom. The van der Waals surface area contributed by atoms with Gasteiger partial charge in [-0.2, -0.15) is 0 Å². The van der Waals surface area contributed by atoms with Crippen molar-refractivity contribution in [1.29, 1.82) is 0 Å². The monoisotopic (exact) mass is 367 g/mol. The number of halogens is 3. The van der Waals surface area contributed by atoms with E-state index in [-0.39, 0.29) is 18.9 Å². The second-order valence-corrected chi connectivity index (χ2v) is 6.21. The lowest BCUT2D eigenvalue weighted by molar-refractivity contribution is -0.148. The first-order chi connectivity index (χ1) is 11.4. The van der Waals surface area contributed by atoms with Gasteiger partial charge in [0.15, 0.2) is 0 Å². The van der Waals surface area contributed by atoms with Crippen LogP contribution in [0.5, 0.6) is 0 Å². The molecule has 24 heavy (non-hydrogen) atoms. The summed E-state index contributed by atoms with van der Waals surface area (Å²) in [5.41, 5.74) is 1.51. The van der Waals surface area contributed by atoms with Crippen LogP contribution >= 0.6 is 23.2 Å². The highest BCUT2D eigenvalue weighted by atomic mass is 35.5. The van der Waals surface area contributed by atoms with Gasteiger partial charge < -0.3 is 10.1 Å². The summed E-state index contributed by atoms with van der Waals surface area (Å²) >= 11 is 11.8. The minimum atomic E-state index is -0.767. The second-order valence-electron chi connectivity index (χ2n) is 5.39. The van der Waals surface area contributed by atoms with E-state index in [1.54, 1.807) is 18.2 Å². The molecule has 1 unspecified atom stereocenters. The molecule has 1 N–H and O–H groups in total. The van der Waals surface area contributed by atoms with Gasteiger partial charge in [-0.15, -0.1) is 0 Å². The smallest absolute Gasteiger partial charge is 0.314 e. The van der Waals surface area contributed by atoms with Crippen molar-refractivity contribution >= 4 is 40.8 Å². The van der Waals surface area contributed by atoms with E-state index in [4.69, 9.17) is 27.9 Å². The fourth-order valence-electron chi connectivity index (χ4n) is 2.53. The van der Waals surface area contributed by atoms with Crippen molar-refractivity contribution in [2.45, 2.75) is 18.9 Å². The van der Waals surface area contributed by atoms with Gasteiger partial charge in [-0.1, -0.05) is 35.3 Å². The Morgan fingerprint density at radius 3 is 2.75 bits per heavy atom. The lowest BCUT2D eigenvalue weighted by Gasteiger charge is -2.24. The highest BCUT2D eigenvalue weighted by molar-refractivity contribution is 6.42. The van der Waals surface area contributed by atoms with Crippen LogP contribution in [0, 0.1) is 5.82 Å². The molecule has 0 spiro atoms. The topological polar surface area (TPSA) is 55.4 Å². The number of carbonyl (C=O) groups is 2. The van der Waals surface area contributed by atoms with E-state index in [2.05, 4.69) is 5.32 Å². The van der Waals surface area contributed by atoms with E-state index in [1.165, 1.54) is 18.2 Å². The Kier molecular flexibility index (Phi) is 4.73.